The van der Waals surface area contributed by atoms with E-state index in [4.69, 9.17) is 4.74 Å². The molecular formula is C20H20N2O2. The summed E-state index contributed by atoms with van der Waals surface area (Å²) in [6.07, 6.45) is 0.838. The van der Waals surface area contributed by atoms with Gasteiger partial charge in [0.05, 0.1) is 12.6 Å². The van der Waals surface area contributed by atoms with Gasteiger partial charge in [-0.15, -0.1) is 0 Å². The van der Waals surface area contributed by atoms with Gasteiger partial charge >= 0.3 is 0 Å². The Balaban J connectivity index is 1.68. The number of hydrogen-bond donors (Lipinski definition) is 1. The maximum absolute atomic E-state index is 12.8. The van der Waals surface area contributed by atoms with Crippen LogP contribution in [0.5, 0.6) is 5.75 Å². The van der Waals surface area contributed by atoms with Crippen molar-refractivity contribution in [1.29, 1.82) is 0 Å². The fourth-order valence-corrected chi connectivity index (χ4v) is 3.43. The van der Waals surface area contributed by atoms with Gasteiger partial charge in [0.2, 0.25) is 0 Å². The van der Waals surface area contributed by atoms with Crippen molar-refractivity contribution in [3.63, 3.8) is 0 Å². The fraction of sp³-hybridized carbons (Fsp3) is 0.250. The summed E-state index contributed by atoms with van der Waals surface area (Å²) in [4.78, 5) is 18.2. The van der Waals surface area contributed by atoms with Crippen molar-refractivity contribution in [2.75, 3.05) is 13.7 Å². The lowest BCUT2D eigenvalue weighted by Gasteiger charge is -2.27. The number of aromatic nitrogens is 1. The molecule has 1 aliphatic heterocycles. The van der Waals surface area contributed by atoms with E-state index in [0.717, 1.165) is 40.7 Å². The van der Waals surface area contributed by atoms with Gasteiger partial charge in [-0.3, -0.25) is 4.79 Å². The first-order valence-corrected chi connectivity index (χ1v) is 8.20. The van der Waals surface area contributed by atoms with Crippen LogP contribution in [0.4, 0.5) is 0 Å². The van der Waals surface area contributed by atoms with Crippen molar-refractivity contribution < 1.29 is 9.53 Å². The highest BCUT2D eigenvalue weighted by Crippen LogP contribution is 2.33. The largest absolute Gasteiger partial charge is 0.495 e. The quantitative estimate of drug-likeness (QED) is 0.783. The van der Waals surface area contributed by atoms with Gasteiger partial charge in [0.15, 0.2) is 0 Å². The predicted molar refractivity (Wildman–Crippen MR) is 94.5 cm³/mol. The van der Waals surface area contributed by atoms with E-state index in [1.807, 2.05) is 48.2 Å². The van der Waals surface area contributed by atoms with Crippen molar-refractivity contribution in [2.24, 2.45) is 0 Å². The first-order chi connectivity index (χ1) is 11.7. The van der Waals surface area contributed by atoms with Crippen molar-refractivity contribution in [3.8, 4) is 5.75 Å². The number of carbonyl (C=O) groups is 1. The number of H-pyrrole nitrogens is 1. The Hall–Kier alpha value is -2.75. The van der Waals surface area contributed by atoms with E-state index in [2.05, 4.69) is 11.1 Å². The zero-order chi connectivity index (χ0) is 16.7. The van der Waals surface area contributed by atoms with Gasteiger partial charge in [-0.1, -0.05) is 29.8 Å². The minimum absolute atomic E-state index is 0.0953. The molecule has 0 unspecified atom stereocenters. The van der Waals surface area contributed by atoms with Crippen molar-refractivity contribution in [2.45, 2.75) is 19.9 Å². The van der Waals surface area contributed by atoms with Crippen LogP contribution in [0, 0.1) is 6.92 Å². The summed E-state index contributed by atoms with van der Waals surface area (Å²) >= 11 is 0. The number of amides is 1. The number of ether oxygens (including phenoxy) is 1. The summed E-state index contributed by atoms with van der Waals surface area (Å²) in [6, 6.07) is 13.8. The highest BCUT2D eigenvalue weighted by atomic mass is 16.5. The molecule has 0 aliphatic carbocycles. The number of rotatable bonds is 2. The summed E-state index contributed by atoms with van der Waals surface area (Å²) in [5.41, 5.74) is 5.35. The highest BCUT2D eigenvalue weighted by molar-refractivity contribution is 5.95. The first-order valence-electron chi connectivity index (χ1n) is 8.20. The SMILES string of the molecule is COc1cccc2c3c([nH]c12)CCN(C(=O)c1ccc(C)cc1)C3. The number of aromatic amines is 1. The second-order valence-corrected chi connectivity index (χ2v) is 6.31. The van der Waals surface area contributed by atoms with Gasteiger partial charge < -0.3 is 14.6 Å². The number of nitrogens with one attached hydrogen (secondary N) is 1. The normalized spacial score (nSPS) is 13.8. The Morgan fingerprint density at radius 2 is 1.96 bits per heavy atom. The molecule has 1 aromatic heterocycles. The summed E-state index contributed by atoms with van der Waals surface area (Å²) in [7, 11) is 1.68. The van der Waals surface area contributed by atoms with Gasteiger partial charge in [-0.2, -0.15) is 0 Å². The molecule has 2 heterocycles. The van der Waals surface area contributed by atoms with Crippen LogP contribution in [0.1, 0.15) is 27.2 Å². The van der Waals surface area contributed by atoms with Crippen LogP contribution in [-0.2, 0) is 13.0 Å². The van der Waals surface area contributed by atoms with Crippen LogP contribution in [0.15, 0.2) is 42.5 Å². The summed E-state index contributed by atoms with van der Waals surface area (Å²) < 4.78 is 5.45. The molecule has 0 saturated carbocycles. The van der Waals surface area contributed by atoms with Gasteiger partial charge in [-0.25, -0.2) is 0 Å². The zero-order valence-electron chi connectivity index (χ0n) is 13.9. The second kappa shape index (κ2) is 5.71. The van der Waals surface area contributed by atoms with E-state index >= 15 is 0 Å². The zero-order valence-corrected chi connectivity index (χ0v) is 13.9. The van der Waals surface area contributed by atoms with Crippen LogP contribution in [-0.4, -0.2) is 29.4 Å². The van der Waals surface area contributed by atoms with E-state index in [1.165, 1.54) is 11.3 Å². The fourth-order valence-electron chi connectivity index (χ4n) is 3.43. The molecular weight excluding hydrogens is 300 g/mol. The number of benzene rings is 2. The van der Waals surface area contributed by atoms with Gasteiger partial charge in [0, 0.05) is 41.7 Å². The van der Waals surface area contributed by atoms with Crippen LogP contribution in [0.25, 0.3) is 10.9 Å². The lowest BCUT2D eigenvalue weighted by Crippen LogP contribution is -2.35. The molecule has 0 spiro atoms. The maximum atomic E-state index is 12.8. The second-order valence-electron chi connectivity index (χ2n) is 6.31. The monoisotopic (exact) mass is 320 g/mol. The smallest absolute Gasteiger partial charge is 0.254 e. The number of hydrogen-bond acceptors (Lipinski definition) is 2. The molecule has 122 valence electrons. The van der Waals surface area contributed by atoms with Crippen molar-refractivity contribution in [1.82, 2.24) is 9.88 Å². The van der Waals surface area contributed by atoms with E-state index in [-0.39, 0.29) is 5.91 Å². The molecule has 0 bridgehead atoms. The van der Waals surface area contributed by atoms with E-state index in [0.29, 0.717) is 6.54 Å². The minimum Gasteiger partial charge on any atom is -0.495 e. The summed E-state index contributed by atoms with van der Waals surface area (Å²) in [5.74, 6) is 0.941. The third kappa shape index (κ3) is 2.35. The molecule has 4 rings (SSSR count). The third-order valence-corrected chi connectivity index (χ3v) is 4.78. The molecule has 4 heteroatoms. The van der Waals surface area contributed by atoms with Crippen LogP contribution >= 0.6 is 0 Å². The Morgan fingerprint density at radius 3 is 2.71 bits per heavy atom. The molecule has 3 aromatic rings. The highest BCUT2D eigenvalue weighted by Gasteiger charge is 2.25. The molecule has 0 radical (unpaired) electrons. The van der Waals surface area contributed by atoms with E-state index in [1.54, 1.807) is 7.11 Å². The third-order valence-electron chi connectivity index (χ3n) is 4.78. The number of nitrogens with zero attached hydrogens (tertiary/aromatic N) is 1. The minimum atomic E-state index is 0.0953. The van der Waals surface area contributed by atoms with Crippen LogP contribution < -0.4 is 4.74 Å². The number of fused-ring (bicyclic) bond motifs is 3. The molecule has 0 saturated heterocycles. The molecule has 24 heavy (non-hydrogen) atoms. The lowest BCUT2D eigenvalue weighted by molar-refractivity contribution is 0.0735. The molecule has 1 aliphatic rings. The van der Waals surface area contributed by atoms with Gasteiger partial charge in [0.1, 0.15) is 5.75 Å². The molecule has 0 fully saturated rings. The van der Waals surface area contributed by atoms with Crippen LogP contribution in [0.2, 0.25) is 0 Å². The van der Waals surface area contributed by atoms with E-state index in [9.17, 15) is 4.79 Å². The van der Waals surface area contributed by atoms with Gasteiger partial charge in [-0.05, 0) is 25.1 Å². The average Bonchev–Trinajstić information content (AvgIpc) is 2.99. The Morgan fingerprint density at radius 1 is 1.17 bits per heavy atom. The lowest BCUT2D eigenvalue weighted by atomic mass is 10.0. The number of carbonyl (C=O) groups excluding carboxylic acids is 1. The summed E-state index contributed by atoms with van der Waals surface area (Å²) in [6.45, 7) is 3.39. The van der Waals surface area contributed by atoms with Crippen molar-refractivity contribution >= 4 is 16.8 Å². The topological polar surface area (TPSA) is 45.3 Å². The molecule has 0 atom stereocenters. The Bertz CT molecular complexity index is 909. The standard InChI is InChI=1S/C20H20N2O2/c1-13-6-8-14(9-7-13)20(23)22-11-10-17-16(12-22)15-4-3-5-18(24-2)19(15)21-17/h3-9,21H,10-12H2,1-2H3. The molecule has 1 amide bonds. The Labute approximate surface area is 141 Å². The first kappa shape index (κ1) is 14.8. The molecule has 4 nitrogen and oxygen atoms in total. The van der Waals surface area contributed by atoms with Crippen molar-refractivity contribution in [3.05, 3.63) is 64.8 Å². The predicted octanol–water partition coefficient (Wildman–Crippen LogP) is 3.68. The van der Waals surface area contributed by atoms with Crippen LogP contribution in [0.3, 0.4) is 0 Å². The maximum Gasteiger partial charge on any atom is 0.254 e. The number of aryl methyl sites for hydroxylation is 1. The Kier molecular flexibility index (Phi) is 3.53. The molecule has 2 aromatic carbocycles. The number of para-hydroxylation sites is 1. The summed E-state index contributed by atoms with van der Waals surface area (Å²) in [5, 5.41) is 1.14. The van der Waals surface area contributed by atoms with Gasteiger partial charge in [0.25, 0.3) is 5.91 Å². The average molecular weight is 320 g/mol. The number of methoxy groups -OCH3 is 1. The molecule has 1 N–H and O–H groups in total. The van der Waals surface area contributed by atoms with E-state index < -0.39 is 0 Å².